The van der Waals surface area contributed by atoms with E-state index in [4.69, 9.17) is 13.9 Å². The standard InChI is InChI=1S/C24H20N2O4/c1-28-18-11-7-16(8-12-18)25-15-21-23(26-17-9-13-19(29-2)14-10-17)20-5-3-4-6-22(20)30-24(21)27/h3-15,26H,1-2H3. The number of hydrogen-bond acceptors (Lipinski definition) is 6. The second-order valence-electron chi connectivity index (χ2n) is 6.48. The maximum atomic E-state index is 12.7. The summed E-state index contributed by atoms with van der Waals surface area (Å²) in [6.07, 6.45) is 1.52. The highest BCUT2D eigenvalue weighted by molar-refractivity contribution is 6.02. The molecule has 1 N–H and O–H groups in total. The summed E-state index contributed by atoms with van der Waals surface area (Å²) < 4.78 is 15.9. The van der Waals surface area contributed by atoms with Gasteiger partial charge in [0, 0.05) is 17.3 Å². The van der Waals surface area contributed by atoms with E-state index in [9.17, 15) is 4.79 Å². The van der Waals surface area contributed by atoms with Crippen molar-refractivity contribution in [3.63, 3.8) is 0 Å². The van der Waals surface area contributed by atoms with Gasteiger partial charge in [-0.05, 0) is 60.7 Å². The number of fused-ring (bicyclic) bond motifs is 1. The molecule has 0 radical (unpaired) electrons. The average Bonchev–Trinajstić information content (AvgIpc) is 2.79. The average molecular weight is 400 g/mol. The fourth-order valence-electron chi connectivity index (χ4n) is 3.04. The Morgan fingerprint density at radius 2 is 1.50 bits per heavy atom. The van der Waals surface area contributed by atoms with Crippen molar-refractivity contribution >= 4 is 34.2 Å². The summed E-state index contributed by atoms with van der Waals surface area (Å²) in [4.78, 5) is 17.2. The fraction of sp³-hybridized carbons (Fsp3) is 0.0833. The second kappa shape index (κ2) is 8.53. The van der Waals surface area contributed by atoms with Crippen molar-refractivity contribution in [2.75, 3.05) is 19.5 Å². The highest BCUT2D eigenvalue weighted by Gasteiger charge is 2.13. The molecule has 0 aliphatic rings. The van der Waals surface area contributed by atoms with E-state index < -0.39 is 5.63 Å². The number of benzene rings is 3. The Morgan fingerprint density at radius 1 is 0.867 bits per heavy atom. The Morgan fingerprint density at radius 3 is 2.17 bits per heavy atom. The van der Waals surface area contributed by atoms with Crippen molar-refractivity contribution in [2.45, 2.75) is 0 Å². The summed E-state index contributed by atoms with van der Waals surface area (Å²) in [6, 6.07) is 22.1. The van der Waals surface area contributed by atoms with Gasteiger partial charge < -0.3 is 19.2 Å². The Hall–Kier alpha value is -4.06. The van der Waals surface area contributed by atoms with Crippen LogP contribution in [0.25, 0.3) is 11.0 Å². The molecule has 0 fully saturated rings. The van der Waals surface area contributed by atoms with Crippen molar-refractivity contribution < 1.29 is 13.9 Å². The largest absolute Gasteiger partial charge is 0.497 e. The van der Waals surface area contributed by atoms with Gasteiger partial charge in [0.2, 0.25) is 0 Å². The summed E-state index contributed by atoms with van der Waals surface area (Å²) in [5, 5.41) is 4.12. The van der Waals surface area contributed by atoms with Crippen LogP contribution in [0.5, 0.6) is 11.5 Å². The molecule has 4 rings (SSSR count). The van der Waals surface area contributed by atoms with Gasteiger partial charge in [0.05, 0.1) is 25.6 Å². The maximum absolute atomic E-state index is 12.7. The first-order chi connectivity index (χ1) is 14.7. The van der Waals surface area contributed by atoms with E-state index in [0.717, 1.165) is 22.6 Å². The highest BCUT2D eigenvalue weighted by Crippen LogP contribution is 2.29. The molecule has 0 aliphatic carbocycles. The third kappa shape index (κ3) is 4.03. The molecule has 0 atom stereocenters. The van der Waals surface area contributed by atoms with Crippen molar-refractivity contribution in [3.8, 4) is 11.5 Å². The van der Waals surface area contributed by atoms with E-state index >= 15 is 0 Å². The van der Waals surface area contributed by atoms with Crippen molar-refractivity contribution in [3.05, 3.63) is 88.8 Å². The number of ether oxygens (including phenoxy) is 2. The number of nitrogens with one attached hydrogen (secondary N) is 1. The van der Waals surface area contributed by atoms with Crippen LogP contribution in [-0.4, -0.2) is 20.4 Å². The van der Waals surface area contributed by atoms with E-state index in [1.807, 2.05) is 66.7 Å². The number of hydrogen-bond donors (Lipinski definition) is 1. The Bertz CT molecular complexity index is 1240. The van der Waals surface area contributed by atoms with E-state index in [1.165, 1.54) is 6.21 Å². The molecule has 1 aromatic heterocycles. The number of nitrogens with zero attached hydrogens (tertiary/aromatic N) is 1. The van der Waals surface area contributed by atoms with E-state index in [-0.39, 0.29) is 0 Å². The Balaban J connectivity index is 1.78. The van der Waals surface area contributed by atoms with Gasteiger partial charge in [0.15, 0.2) is 0 Å². The van der Waals surface area contributed by atoms with Crippen LogP contribution < -0.4 is 20.4 Å². The molecule has 30 heavy (non-hydrogen) atoms. The molecule has 0 spiro atoms. The maximum Gasteiger partial charge on any atom is 0.347 e. The van der Waals surface area contributed by atoms with Crippen LogP contribution in [0.4, 0.5) is 17.1 Å². The van der Waals surface area contributed by atoms with Gasteiger partial charge in [-0.25, -0.2) is 4.79 Å². The zero-order valence-corrected chi connectivity index (χ0v) is 16.6. The summed E-state index contributed by atoms with van der Waals surface area (Å²) in [6.45, 7) is 0. The number of aliphatic imine (C=N–C) groups is 1. The van der Waals surface area contributed by atoms with Gasteiger partial charge in [0.1, 0.15) is 22.6 Å². The van der Waals surface area contributed by atoms with Crippen LogP contribution in [0, 0.1) is 0 Å². The molecule has 0 bridgehead atoms. The van der Waals surface area contributed by atoms with Gasteiger partial charge >= 0.3 is 5.63 Å². The highest BCUT2D eigenvalue weighted by atomic mass is 16.5. The monoisotopic (exact) mass is 400 g/mol. The van der Waals surface area contributed by atoms with Crippen LogP contribution in [0.1, 0.15) is 5.56 Å². The smallest absolute Gasteiger partial charge is 0.347 e. The van der Waals surface area contributed by atoms with Crippen molar-refractivity contribution in [2.24, 2.45) is 4.99 Å². The zero-order valence-electron chi connectivity index (χ0n) is 16.6. The predicted octanol–water partition coefficient (Wildman–Crippen LogP) is 5.30. The summed E-state index contributed by atoms with van der Waals surface area (Å²) in [5.41, 5.74) is 2.50. The van der Waals surface area contributed by atoms with Gasteiger partial charge in [0.25, 0.3) is 0 Å². The quantitative estimate of drug-likeness (QED) is 0.351. The molecule has 6 nitrogen and oxygen atoms in total. The molecule has 1 heterocycles. The normalized spacial score (nSPS) is 11.0. The number of rotatable bonds is 6. The molecule has 0 amide bonds. The van der Waals surface area contributed by atoms with Gasteiger partial charge in [-0.3, -0.25) is 4.99 Å². The lowest BCUT2D eigenvalue weighted by Gasteiger charge is -2.12. The third-order valence-corrected chi connectivity index (χ3v) is 4.62. The number of para-hydroxylation sites is 1. The number of methoxy groups -OCH3 is 2. The minimum atomic E-state index is -0.470. The van der Waals surface area contributed by atoms with Crippen LogP contribution >= 0.6 is 0 Å². The third-order valence-electron chi connectivity index (χ3n) is 4.62. The minimum Gasteiger partial charge on any atom is -0.497 e. The summed E-state index contributed by atoms with van der Waals surface area (Å²) in [5.74, 6) is 1.49. The SMILES string of the molecule is COc1ccc(N=Cc2c(Nc3ccc(OC)cc3)c3ccccc3oc2=O)cc1. The Labute approximate surface area is 173 Å². The van der Waals surface area contributed by atoms with Crippen LogP contribution in [0.15, 0.2) is 87.0 Å². The van der Waals surface area contributed by atoms with Crippen molar-refractivity contribution in [1.82, 2.24) is 0 Å². The number of anilines is 2. The molecule has 0 unspecified atom stereocenters. The van der Waals surface area contributed by atoms with Gasteiger partial charge in [-0.2, -0.15) is 0 Å². The zero-order chi connectivity index (χ0) is 20.9. The van der Waals surface area contributed by atoms with Crippen molar-refractivity contribution in [1.29, 1.82) is 0 Å². The molecule has 0 saturated carbocycles. The molecule has 4 aromatic rings. The lowest BCUT2D eigenvalue weighted by atomic mass is 10.1. The minimum absolute atomic E-state index is 0.334. The first-order valence-electron chi connectivity index (χ1n) is 9.33. The first kappa shape index (κ1) is 19.3. The van der Waals surface area contributed by atoms with Gasteiger partial charge in [-0.15, -0.1) is 0 Å². The van der Waals surface area contributed by atoms with Crippen LogP contribution in [0.2, 0.25) is 0 Å². The van der Waals surface area contributed by atoms with Crippen LogP contribution in [-0.2, 0) is 0 Å². The lowest BCUT2D eigenvalue weighted by Crippen LogP contribution is -2.11. The summed E-state index contributed by atoms with van der Waals surface area (Å²) in [7, 11) is 3.22. The fourth-order valence-corrected chi connectivity index (χ4v) is 3.04. The van der Waals surface area contributed by atoms with Crippen LogP contribution in [0.3, 0.4) is 0 Å². The predicted molar refractivity (Wildman–Crippen MR) is 119 cm³/mol. The molecular formula is C24H20N2O4. The molecule has 3 aromatic carbocycles. The summed E-state index contributed by atoms with van der Waals surface area (Å²) >= 11 is 0. The molecular weight excluding hydrogens is 380 g/mol. The topological polar surface area (TPSA) is 73.1 Å². The molecule has 0 saturated heterocycles. The Kier molecular flexibility index (Phi) is 5.48. The van der Waals surface area contributed by atoms with E-state index in [0.29, 0.717) is 22.5 Å². The lowest BCUT2D eigenvalue weighted by molar-refractivity contribution is 0.415. The van der Waals surface area contributed by atoms with E-state index in [1.54, 1.807) is 20.3 Å². The first-order valence-corrected chi connectivity index (χ1v) is 9.33. The second-order valence-corrected chi connectivity index (χ2v) is 6.48. The van der Waals surface area contributed by atoms with E-state index in [2.05, 4.69) is 10.3 Å². The van der Waals surface area contributed by atoms with Gasteiger partial charge in [-0.1, -0.05) is 12.1 Å². The molecule has 150 valence electrons. The molecule has 6 heteroatoms. The molecule has 0 aliphatic heterocycles.